The second kappa shape index (κ2) is 8.80. The maximum Gasteiger partial charge on any atom is 0.286 e. The Balaban J connectivity index is 1.87. The average Bonchev–Trinajstić information content (AvgIpc) is 3.29. The second-order valence-corrected chi connectivity index (χ2v) is 7.30. The van der Waals surface area contributed by atoms with Crippen LogP contribution in [0.2, 0.25) is 0 Å². The van der Waals surface area contributed by atoms with Gasteiger partial charge in [0.1, 0.15) is 16.6 Å². The van der Waals surface area contributed by atoms with E-state index in [0.717, 1.165) is 23.6 Å². The summed E-state index contributed by atoms with van der Waals surface area (Å²) in [5, 5.41) is 9.31. The molecule has 3 aromatic rings. The first kappa shape index (κ1) is 21.1. The highest BCUT2D eigenvalue weighted by atomic mass is 32.1. The van der Waals surface area contributed by atoms with Gasteiger partial charge >= 0.3 is 0 Å². The van der Waals surface area contributed by atoms with Gasteiger partial charge in [-0.25, -0.2) is 18.2 Å². The third kappa shape index (κ3) is 4.67. The molecule has 0 atom stereocenters. The van der Waals surface area contributed by atoms with Crippen LogP contribution in [-0.4, -0.2) is 26.3 Å². The summed E-state index contributed by atoms with van der Waals surface area (Å²) in [5.41, 5.74) is -0.120. The first-order chi connectivity index (χ1) is 14.3. The van der Waals surface area contributed by atoms with Crippen molar-refractivity contribution in [1.82, 2.24) is 14.1 Å². The lowest BCUT2D eigenvalue weighted by atomic mass is 10.1. The van der Waals surface area contributed by atoms with Crippen LogP contribution in [0.25, 0.3) is 0 Å². The van der Waals surface area contributed by atoms with Gasteiger partial charge in [0.25, 0.3) is 12.0 Å². The van der Waals surface area contributed by atoms with Crippen LogP contribution in [-0.2, 0) is 20.0 Å². The number of Topliss-reactive ketones (excluding diaryl/α,β-unsaturated/α-hetero) is 1. The van der Waals surface area contributed by atoms with Gasteiger partial charge in [0, 0.05) is 19.7 Å². The molecule has 3 rings (SSSR count). The van der Waals surface area contributed by atoms with Crippen LogP contribution in [0.15, 0.2) is 35.6 Å². The molecule has 0 fully saturated rings. The Kier molecular flexibility index (Phi) is 6.19. The van der Waals surface area contributed by atoms with Crippen LogP contribution in [0.5, 0.6) is 0 Å². The SMILES string of the molecule is Cn1cncc1C#Cc1cc(C(=O)Cc2cc(F)c(=O)n(CC(F)F)c2)sc1C#N. The number of alkyl halides is 2. The fraction of sp³-hybridized carbons (Fsp3) is 0.200. The molecule has 0 unspecified atom stereocenters. The van der Waals surface area contributed by atoms with Gasteiger partial charge in [-0.15, -0.1) is 11.3 Å². The molecular formula is C20H13F3N4O2S. The minimum Gasteiger partial charge on any atom is -0.327 e. The van der Waals surface area contributed by atoms with E-state index in [0.29, 0.717) is 15.8 Å². The fourth-order valence-corrected chi connectivity index (χ4v) is 3.47. The Bertz CT molecular complexity index is 1270. The third-order valence-corrected chi connectivity index (χ3v) is 5.13. The Morgan fingerprint density at radius 3 is 2.73 bits per heavy atom. The molecule has 0 bridgehead atoms. The molecule has 0 N–H and O–H groups in total. The van der Waals surface area contributed by atoms with Gasteiger partial charge in [0.15, 0.2) is 11.6 Å². The minimum atomic E-state index is -2.84. The maximum absolute atomic E-state index is 13.8. The molecule has 3 heterocycles. The van der Waals surface area contributed by atoms with E-state index in [4.69, 9.17) is 0 Å². The number of pyridine rings is 1. The minimum absolute atomic E-state index is 0.0761. The predicted octanol–water partition coefficient (Wildman–Crippen LogP) is 2.74. The maximum atomic E-state index is 13.8. The molecule has 0 saturated heterocycles. The van der Waals surface area contributed by atoms with Gasteiger partial charge in [-0.3, -0.25) is 9.59 Å². The number of halogens is 3. The molecule has 0 aliphatic carbocycles. The van der Waals surface area contributed by atoms with Crippen molar-refractivity contribution in [3.8, 4) is 17.9 Å². The zero-order valence-electron chi connectivity index (χ0n) is 15.5. The lowest BCUT2D eigenvalue weighted by molar-refractivity contribution is 0.0996. The standard InChI is InChI=1S/C20H13F3N4O2S/c1-26-11-25-8-14(26)3-2-13-6-17(30-18(13)7-24)16(28)5-12-4-15(21)20(29)27(9-12)10-19(22)23/h4,6,8-9,11,19H,5,10H2,1H3. The Morgan fingerprint density at radius 2 is 2.10 bits per heavy atom. The van der Waals surface area contributed by atoms with Crippen molar-refractivity contribution in [3.05, 3.63) is 73.6 Å². The highest BCUT2D eigenvalue weighted by molar-refractivity contribution is 7.14. The van der Waals surface area contributed by atoms with Crippen LogP contribution in [0.4, 0.5) is 13.2 Å². The zero-order valence-corrected chi connectivity index (χ0v) is 16.3. The summed E-state index contributed by atoms with van der Waals surface area (Å²) in [6, 6.07) is 4.29. The summed E-state index contributed by atoms with van der Waals surface area (Å²) >= 11 is 0.933. The highest BCUT2D eigenvalue weighted by Gasteiger charge is 2.17. The van der Waals surface area contributed by atoms with E-state index in [2.05, 4.69) is 16.8 Å². The van der Waals surface area contributed by atoms with E-state index in [1.807, 2.05) is 6.07 Å². The van der Waals surface area contributed by atoms with Crippen molar-refractivity contribution in [3.63, 3.8) is 0 Å². The first-order valence-electron chi connectivity index (χ1n) is 8.51. The van der Waals surface area contributed by atoms with E-state index >= 15 is 0 Å². The molecule has 0 aromatic carbocycles. The molecule has 6 nitrogen and oxygen atoms in total. The van der Waals surface area contributed by atoms with E-state index in [1.54, 1.807) is 24.1 Å². The smallest absolute Gasteiger partial charge is 0.286 e. The molecule has 0 aliphatic rings. The van der Waals surface area contributed by atoms with Crippen molar-refractivity contribution < 1.29 is 18.0 Å². The van der Waals surface area contributed by atoms with Crippen LogP contribution in [0.1, 0.15) is 31.4 Å². The molecule has 0 amide bonds. The molecule has 0 spiro atoms. The van der Waals surface area contributed by atoms with Gasteiger partial charge in [-0.1, -0.05) is 5.92 Å². The summed E-state index contributed by atoms with van der Waals surface area (Å²) in [6.07, 6.45) is 1.01. The summed E-state index contributed by atoms with van der Waals surface area (Å²) in [4.78, 5) is 28.6. The largest absolute Gasteiger partial charge is 0.327 e. The second-order valence-electron chi connectivity index (χ2n) is 6.25. The first-order valence-corrected chi connectivity index (χ1v) is 9.32. The molecule has 10 heteroatoms. The van der Waals surface area contributed by atoms with Crippen molar-refractivity contribution >= 4 is 17.1 Å². The van der Waals surface area contributed by atoms with Crippen LogP contribution < -0.4 is 5.56 Å². The number of thiophene rings is 1. The number of carbonyl (C=O) groups excluding carboxylic acids is 1. The quantitative estimate of drug-likeness (QED) is 0.461. The molecule has 152 valence electrons. The monoisotopic (exact) mass is 430 g/mol. The number of nitriles is 1. The van der Waals surface area contributed by atoms with Gasteiger partial charge in [-0.2, -0.15) is 5.26 Å². The van der Waals surface area contributed by atoms with Crippen molar-refractivity contribution in [2.45, 2.75) is 19.4 Å². The Labute approximate surface area is 172 Å². The Morgan fingerprint density at radius 1 is 1.33 bits per heavy atom. The van der Waals surface area contributed by atoms with Gasteiger partial charge in [-0.05, 0) is 23.6 Å². The normalized spacial score (nSPS) is 10.5. The van der Waals surface area contributed by atoms with Gasteiger partial charge in [0.05, 0.1) is 29.5 Å². The van der Waals surface area contributed by atoms with Crippen molar-refractivity contribution in [1.29, 1.82) is 5.26 Å². The topological polar surface area (TPSA) is 80.7 Å². The van der Waals surface area contributed by atoms with E-state index in [1.165, 1.54) is 6.07 Å². The summed E-state index contributed by atoms with van der Waals surface area (Å²) in [6.45, 7) is -0.969. The number of imidazole rings is 1. The van der Waals surface area contributed by atoms with Crippen molar-refractivity contribution in [2.75, 3.05) is 0 Å². The highest BCUT2D eigenvalue weighted by Crippen LogP contribution is 2.23. The van der Waals surface area contributed by atoms with E-state index < -0.39 is 30.1 Å². The average molecular weight is 430 g/mol. The van der Waals surface area contributed by atoms with Gasteiger partial charge < -0.3 is 9.13 Å². The van der Waals surface area contributed by atoms with E-state index in [-0.39, 0.29) is 21.7 Å². The lowest BCUT2D eigenvalue weighted by Gasteiger charge is -2.08. The summed E-state index contributed by atoms with van der Waals surface area (Å²) in [7, 11) is 1.76. The molecular weight excluding hydrogens is 417 g/mol. The number of ketones is 1. The number of nitrogens with zero attached hydrogens (tertiary/aromatic N) is 4. The van der Waals surface area contributed by atoms with Crippen molar-refractivity contribution in [2.24, 2.45) is 7.05 Å². The molecule has 3 aromatic heterocycles. The van der Waals surface area contributed by atoms with Crippen LogP contribution >= 0.6 is 11.3 Å². The molecule has 0 radical (unpaired) electrons. The zero-order chi connectivity index (χ0) is 21.8. The number of hydrogen-bond donors (Lipinski definition) is 0. The number of rotatable bonds is 5. The molecule has 30 heavy (non-hydrogen) atoms. The summed E-state index contributed by atoms with van der Waals surface area (Å²) < 4.78 is 41.2. The number of aryl methyl sites for hydroxylation is 1. The summed E-state index contributed by atoms with van der Waals surface area (Å²) in [5.74, 6) is 4.02. The number of carbonyl (C=O) groups is 1. The molecule has 0 aliphatic heterocycles. The number of aromatic nitrogens is 3. The number of hydrogen-bond acceptors (Lipinski definition) is 5. The van der Waals surface area contributed by atoms with Gasteiger partial charge in [0.2, 0.25) is 0 Å². The lowest BCUT2D eigenvalue weighted by Crippen LogP contribution is -2.26. The molecule has 0 saturated carbocycles. The third-order valence-electron chi connectivity index (χ3n) is 4.05. The predicted molar refractivity (Wildman–Crippen MR) is 103 cm³/mol. The Hall–Kier alpha value is -3.63. The van der Waals surface area contributed by atoms with Crippen LogP contribution in [0, 0.1) is 29.0 Å². The fourth-order valence-electron chi connectivity index (χ4n) is 2.62. The van der Waals surface area contributed by atoms with E-state index in [9.17, 15) is 28.0 Å². The van der Waals surface area contributed by atoms with Crippen LogP contribution in [0.3, 0.4) is 0 Å².